The Kier molecular flexibility index (Phi) is 8.84. The fraction of sp³-hybridized carbons (Fsp3) is 0.333. The van der Waals surface area contributed by atoms with Gasteiger partial charge >= 0.3 is 6.18 Å². The standard InChI is InChI=1S/C30H27ClF5N5O5/c1-3-46-27-14(11-22(37)42)10-21(39-26(27)18-6-7-19(32)23(31)24(18)33)29(44,30(34,35)36)13-38-28(43)15-8-16-12-41(17-4-5-17)40-25(16)20(9-15)45-2/h6-10,12,17,44H,3-5,11,13H2,1-2H3,(H2,37,42)(H,38,43)/t29-/m0/s1. The van der Waals surface area contributed by atoms with E-state index in [2.05, 4.69) is 15.4 Å². The fourth-order valence-corrected chi connectivity index (χ4v) is 5.06. The van der Waals surface area contributed by atoms with E-state index >= 15 is 4.39 Å². The van der Waals surface area contributed by atoms with Gasteiger partial charge in [0.1, 0.15) is 33.5 Å². The Bertz CT molecular complexity index is 1850. The van der Waals surface area contributed by atoms with E-state index < -0.39 is 70.2 Å². The number of aliphatic hydroxyl groups is 1. The van der Waals surface area contributed by atoms with Crippen LogP contribution >= 0.6 is 11.6 Å². The minimum Gasteiger partial charge on any atom is -0.494 e. The molecule has 0 aliphatic heterocycles. The second-order valence-electron chi connectivity index (χ2n) is 10.6. The molecule has 4 aromatic rings. The van der Waals surface area contributed by atoms with Crippen molar-refractivity contribution in [2.45, 2.75) is 44.0 Å². The normalized spacial score (nSPS) is 14.6. The van der Waals surface area contributed by atoms with E-state index in [9.17, 15) is 32.3 Å². The van der Waals surface area contributed by atoms with Gasteiger partial charge in [0.05, 0.1) is 38.4 Å². The summed E-state index contributed by atoms with van der Waals surface area (Å²) < 4.78 is 85.8. The molecule has 2 aromatic carbocycles. The third-order valence-electron chi connectivity index (χ3n) is 7.39. The number of methoxy groups -OCH3 is 1. The minimum atomic E-state index is -5.48. The third-order valence-corrected chi connectivity index (χ3v) is 7.73. The van der Waals surface area contributed by atoms with Crippen LogP contribution in [0.25, 0.3) is 22.2 Å². The van der Waals surface area contributed by atoms with Crippen LogP contribution in [-0.4, -0.2) is 58.1 Å². The van der Waals surface area contributed by atoms with E-state index in [-0.39, 0.29) is 35.3 Å². The molecule has 2 heterocycles. The van der Waals surface area contributed by atoms with Crippen LogP contribution in [0.15, 0.2) is 36.5 Å². The Hall–Kier alpha value is -4.50. The number of halogens is 6. The first-order valence-electron chi connectivity index (χ1n) is 13.9. The van der Waals surface area contributed by atoms with Crippen molar-refractivity contribution in [3.8, 4) is 22.8 Å². The van der Waals surface area contributed by atoms with E-state index in [1.165, 1.54) is 26.2 Å². The highest BCUT2D eigenvalue weighted by atomic mass is 35.5. The molecule has 0 spiro atoms. The number of rotatable bonds is 11. The number of nitrogens with one attached hydrogen (secondary N) is 1. The van der Waals surface area contributed by atoms with Crippen LogP contribution in [-0.2, 0) is 16.8 Å². The summed E-state index contributed by atoms with van der Waals surface area (Å²) in [6.45, 7) is -0.0615. The molecule has 1 atom stereocenters. The zero-order chi connectivity index (χ0) is 33.6. The molecule has 16 heteroatoms. The van der Waals surface area contributed by atoms with Crippen molar-refractivity contribution in [1.29, 1.82) is 0 Å². The number of aromatic nitrogens is 3. The molecule has 2 amide bonds. The van der Waals surface area contributed by atoms with Gasteiger partial charge in [-0.05, 0) is 50.1 Å². The molecule has 1 aliphatic rings. The number of hydrogen-bond donors (Lipinski definition) is 3. The van der Waals surface area contributed by atoms with E-state index in [4.69, 9.17) is 26.8 Å². The zero-order valence-corrected chi connectivity index (χ0v) is 25.1. The van der Waals surface area contributed by atoms with Crippen LogP contribution in [0.3, 0.4) is 0 Å². The Balaban J connectivity index is 1.58. The molecule has 244 valence electrons. The Labute approximate surface area is 263 Å². The molecule has 2 aromatic heterocycles. The predicted octanol–water partition coefficient (Wildman–Crippen LogP) is 4.98. The number of amides is 2. The monoisotopic (exact) mass is 667 g/mol. The highest BCUT2D eigenvalue weighted by molar-refractivity contribution is 6.31. The largest absolute Gasteiger partial charge is 0.494 e. The van der Waals surface area contributed by atoms with Gasteiger partial charge in [-0.2, -0.15) is 18.3 Å². The summed E-state index contributed by atoms with van der Waals surface area (Å²) in [7, 11) is 1.35. The Morgan fingerprint density at radius 2 is 1.91 bits per heavy atom. The van der Waals surface area contributed by atoms with Crippen molar-refractivity contribution in [3.05, 3.63) is 70.0 Å². The number of fused-ring (bicyclic) bond motifs is 1. The predicted molar refractivity (Wildman–Crippen MR) is 156 cm³/mol. The van der Waals surface area contributed by atoms with Gasteiger partial charge < -0.3 is 25.6 Å². The third kappa shape index (κ3) is 6.16. The summed E-state index contributed by atoms with van der Waals surface area (Å²) in [6, 6.07) is 5.28. The SMILES string of the molecule is CCOc1c(CC(N)=O)cc([C@@](O)(CNC(=O)c2cc(OC)c3nn(C4CC4)cc3c2)C(F)(F)F)nc1-c1ccc(F)c(Cl)c1F. The molecule has 10 nitrogen and oxygen atoms in total. The molecule has 1 fully saturated rings. The van der Waals surface area contributed by atoms with Gasteiger partial charge in [0.15, 0.2) is 5.82 Å². The van der Waals surface area contributed by atoms with Gasteiger partial charge in [0.2, 0.25) is 11.5 Å². The Morgan fingerprint density at radius 1 is 1.20 bits per heavy atom. The summed E-state index contributed by atoms with van der Waals surface area (Å²) in [5.74, 6) is -4.66. The minimum absolute atomic E-state index is 0.0815. The molecule has 0 bridgehead atoms. The lowest BCUT2D eigenvalue weighted by Gasteiger charge is -2.31. The van der Waals surface area contributed by atoms with Crippen molar-refractivity contribution < 1.29 is 46.1 Å². The van der Waals surface area contributed by atoms with Crippen LogP contribution in [0.4, 0.5) is 22.0 Å². The van der Waals surface area contributed by atoms with Crippen LogP contribution in [0.5, 0.6) is 11.5 Å². The number of pyridine rings is 1. The van der Waals surface area contributed by atoms with Crippen LogP contribution in [0.2, 0.25) is 5.02 Å². The zero-order valence-electron chi connectivity index (χ0n) is 24.3. The summed E-state index contributed by atoms with van der Waals surface area (Å²) in [4.78, 5) is 29.0. The van der Waals surface area contributed by atoms with Gasteiger partial charge in [-0.1, -0.05) is 11.6 Å². The molecule has 5 rings (SSSR count). The van der Waals surface area contributed by atoms with Gasteiger partial charge in [0, 0.05) is 28.3 Å². The molecule has 0 saturated heterocycles. The first kappa shape index (κ1) is 32.9. The summed E-state index contributed by atoms with van der Waals surface area (Å²) in [6.07, 6.45) is -2.62. The van der Waals surface area contributed by atoms with Crippen molar-refractivity contribution >= 4 is 34.3 Å². The van der Waals surface area contributed by atoms with Crippen LogP contribution in [0, 0.1) is 11.6 Å². The van der Waals surface area contributed by atoms with Crippen molar-refractivity contribution in [2.75, 3.05) is 20.3 Å². The Morgan fingerprint density at radius 3 is 2.52 bits per heavy atom. The average molecular weight is 668 g/mol. The summed E-state index contributed by atoms with van der Waals surface area (Å²) in [5.41, 5.74) is -0.802. The van der Waals surface area contributed by atoms with Gasteiger partial charge in [-0.15, -0.1) is 0 Å². The molecule has 46 heavy (non-hydrogen) atoms. The second kappa shape index (κ2) is 12.4. The van der Waals surface area contributed by atoms with Crippen LogP contribution in [0.1, 0.15) is 47.4 Å². The van der Waals surface area contributed by atoms with Crippen LogP contribution < -0.4 is 20.5 Å². The topological polar surface area (TPSA) is 142 Å². The quantitative estimate of drug-likeness (QED) is 0.151. The maximum atomic E-state index is 15.2. The molecular weight excluding hydrogens is 641 g/mol. The number of nitrogens with zero attached hydrogens (tertiary/aromatic N) is 3. The number of nitrogens with two attached hydrogens (primary N) is 1. The van der Waals surface area contributed by atoms with Crippen molar-refractivity contribution in [1.82, 2.24) is 20.1 Å². The first-order chi connectivity index (χ1) is 21.7. The second-order valence-corrected chi connectivity index (χ2v) is 11.0. The van der Waals surface area contributed by atoms with E-state index in [0.29, 0.717) is 10.9 Å². The van der Waals surface area contributed by atoms with Gasteiger partial charge in [-0.25, -0.2) is 13.8 Å². The molecule has 1 saturated carbocycles. The first-order valence-corrected chi connectivity index (χ1v) is 14.3. The maximum Gasteiger partial charge on any atom is 0.424 e. The highest BCUT2D eigenvalue weighted by Gasteiger charge is 2.57. The molecule has 4 N–H and O–H groups in total. The number of carbonyl (C=O) groups is 2. The van der Waals surface area contributed by atoms with E-state index in [0.717, 1.165) is 31.0 Å². The number of carbonyl (C=O) groups excluding carboxylic acids is 2. The van der Waals surface area contributed by atoms with Gasteiger partial charge in [-0.3, -0.25) is 14.3 Å². The maximum absolute atomic E-state index is 15.2. The molecular formula is C30H27ClF5N5O5. The molecule has 0 unspecified atom stereocenters. The average Bonchev–Trinajstić information content (AvgIpc) is 3.76. The molecule has 0 radical (unpaired) electrons. The van der Waals surface area contributed by atoms with Crippen molar-refractivity contribution in [2.24, 2.45) is 5.73 Å². The lowest BCUT2D eigenvalue weighted by atomic mass is 9.93. The van der Waals surface area contributed by atoms with E-state index in [1.54, 1.807) is 10.9 Å². The number of alkyl halides is 3. The lowest BCUT2D eigenvalue weighted by Crippen LogP contribution is -2.51. The highest BCUT2D eigenvalue weighted by Crippen LogP contribution is 2.43. The fourth-order valence-electron chi connectivity index (χ4n) is 4.89. The van der Waals surface area contributed by atoms with E-state index in [1.807, 2.05) is 0 Å². The number of benzene rings is 2. The lowest BCUT2D eigenvalue weighted by molar-refractivity contribution is -0.265. The number of primary amides is 1. The number of ether oxygens (including phenoxy) is 2. The summed E-state index contributed by atoms with van der Waals surface area (Å²) in [5, 5.41) is 17.3. The summed E-state index contributed by atoms with van der Waals surface area (Å²) >= 11 is 5.73. The van der Waals surface area contributed by atoms with Crippen molar-refractivity contribution in [3.63, 3.8) is 0 Å². The number of hydrogen-bond acceptors (Lipinski definition) is 7. The molecule has 1 aliphatic carbocycles. The smallest absolute Gasteiger partial charge is 0.424 e. The van der Waals surface area contributed by atoms with Gasteiger partial charge in [0.25, 0.3) is 5.91 Å².